The zero-order chi connectivity index (χ0) is 17.1. The minimum atomic E-state index is -0.238. The first kappa shape index (κ1) is 16.4. The summed E-state index contributed by atoms with van der Waals surface area (Å²) in [7, 11) is 0. The first-order valence-corrected chi connectivity index (χ1v) is 8.28. The highest BCUT2D eigenvalue weighted by Crippen LogP contribution is 2.34. The fourth-order valence-electron chi connectivity index (χ4n) is 3.32. The van der Waals surface area contributed by atoms with Gasteiger partial charge in [-0.2, -0.15) is 0 Å². The molecule has 1 aromatic rings. The Labute approximate surface area is 140 Å². The maximum absolute atomic E-state index is 12.3. The van der Waals surface area contributed by atoms with E-state index < -0.39 is 0 Å². The molecule has 0 saturated carbocycles. The van der Waals surface area contributed by atoms with Crippen LogP contribution in [0.5, 0.6) is 0 Å². The van der Waals surface area contributed by atoms with Crippen LogP contribution in [0.1, 0.15) is 37.9 Å². The van der Waals surface area contributed by atoms with Gasteiger partial charge in [0.25, 0.3) is 0 Å². The van der Waals surface area contributed by atoms with Crippen molar-refractivity contribution in [3.63, 3.8) is 0 Å². The molecule has 24 heavy (non-hydrogen) atoms. The van der Waals surface area contributed by atoms with Gasteiger partial charge in [0.1, 0.15) is 0 Å². The highest BCUT2D eigenvalue weighted by molar-refractivity contribution is 6.05. The lowest BCUT2D eigenvalue weighted by Gasteiger charge is -2.16. The summed E-state index contributed by atoms with van der Waals surface area (Å²) in [4.78, 5) is 42.2. The van der Waals surface area contributed by atoms with Gasteiger partial charge in [-0.1, -0.05) is 18.2 Å². The van der Waals surface area contributed by atoms with Crippen molar-refractivity contribution in [1.29, 1.82) is 0 Å². The number of hydrogen-bond donors (Lipinski definition) is 1. The number of nitrogens with one attached hydrogen (secondary N) is 1. The topological polar surface area (TPSA) is 79.4 Å². The Morgan fingerprint density at radius 1 is 1.25 bits per heavy atom. The van der Waals surface area contributed by atoms with E-state index in [1.54, 1.807) is 6.20 Å². The Bertz CT molecular complexity index is 645. The van der Waals surface area contributed by atoms with Crippen LogP contribution in [0.2, 0.25) is 0 Å². The van der Waals surface area contributed by atoms with Gasteiger partial charge in [-0.3, -0.25) is 24.3 Å². The van der Waals surface area contributed by atoms with Gasteiger partial charge in [0, 0.05) is 19.2 Å². The van der Waals surface area contributed by atoms with Crippen LogP contribution in [0.15, 0.2) is 36.5 Å². The highest BCUT2D eigenvalue weighted by Gasteiger charge is 2.46. The highest BCUT2D eigenvalue weighted by atomic mass is 16.2. The summed E-state index contributed by atoms with van der Waals surface area (Å²) in [5.74, 6) is -0.947. The van der Waals surface area contributed by atoms with E-state index in [1.165, 1.54) is 4.90 Å². The predicted molar refractivity (Wildman–Crippen MR) is 87.5 cm³/mol. The Morgan fingerprint density at radius 3 is 2.50 bits per heavy atom. The molecule has 0 bridgehead atoms. The molecule has 0 unspecified atom stereocenters. The summed E-state index contributed by atoms with van der Waals surface area (Å²) in [6.45, 7) is 2.00. The van der Waals surface area contributed by atoms with Gasteiger partial charge in [-0.05, 0) is 31.9 Å². The monoisotopic (exact) mass is 327 g/mol. The molecule has 3 amide bonds. The maximum Gasteiger partial charge on any atom is 0.233 e. The largest absolute Gasteiger partial charge is 0.348 e. The lowest BCUT2D eigenvalue weighted by molar-refractivity contribution is -0.140. The van der Waals surface area contributed by atoms with Crippen molar-refractivity contribution in [2.75, 3.05) is 6.54 Å². The number of likely N-dealkylation sites (tertiary alicyclic amines) is 1. The SMILES string of the molecule is C[C@H](NC(=O)CCN1C(=O)[C@H]2CC=CC[C@H]2C1=O)c1ccccn1. The summed E-state index contributed by atoms with van der Waals surface area (Å²) in [6.07, 6.45) is 6.94. The predicted octanol–water partition coefficient (Wildman–Crippen LogP) is 1.60. The van der Waals surface area contributed by atoms with E-state index in [-0.39, 0.29) is 48.6 Å². The maximum atomic E-state index is 12.3. The van der Waals surface area contributed by atoms with Crippen molar-refractivity contribution >= 4 is 17.7 Å². The van der Waals surface area contributed by atoms with Gasteiger partial charge >= 0.3 is 0 Å². The molecule has 1 aromatic heterocycles. The fraction of sp³-hybridized carbons (Fsp3) is 0.444. The Kier molecular flexibility index (Phi) is 4.74. The van der Waals surface area contributed by atoms with Gasteiger partial charge in [0.2, 0.25) is 17.7 Å². The minimum absolute atomic E-state index is 0.113. The third-order valence-electron chi connectivity index (χ3n) is 4.67. The van der Waals surface area contributed by atoms with Gasteiger partial charge in [-0.15, -0.1) is 0 Å². The number of aromatic nitrogens is 1. The van der Waals surface area contributed by atoms with Crippen molar-refractivity contribution in [1.82, 2.24) is 15.2 Å². The Balaban J connectivity index is 1.53. The number of carbonyl (C=O) groups is 3. The number of imide groups is 1. The number of allylic oxidation sites excluding steroid dienone is 2. The zero-order valence-electron chi connectivity index (χ0n) is 13.6. The number of amides is 3. The summed E-state index contributed by atoms with van der Waals surface area (Å²) in [5, 5.41) is 2.85. The smallest absolute Gasteiger partial charge is 0.233 e. The molecule has 6 nitrogen and oxygen atoms in total. The first-order chi connectivity index (χ1) is 11.6. The Hall–Kier alpha value is -2.50. The van der Waals surface area contributed by atoms with Crippen molar-refractivity contribution in [2.45, 2.75) is 32.2 Å². The molecule has 3 atom stereocenters. The molecular formula is C18H21N3O3. The van der Waals surface area contributed by atoms with Gasteiger partial charge < -0.3 is 5.32 Å². The summed E-state index contributed by atoms with van der Waals surface area (Å²) in [6, 6.07) is 5.31. The number of nitrogens with zero attached hydrogens (tertiary/aromatic N) is 2. The number of rotatable bonds is 5. The number of carbonyl (C=O) groups excluding carboxylic acids is 3. The van der Waals surface area contributed by atoms with E-state index in [9.17, 15) is 14.4 Å². The number of pyridine rings is 1. The van der Waals surface area contributed by atoms with Gasteiger partial charge in [0.05, 0.1) is 23.6 Å². The third kappa shape index (κ3) is 3.22. The molecule has 126 valence electrons. The second-order valence-electron chi connectivity index (χ2n) is 6.28. The van der Waals surface area contributed by atoms with Crippen LogP contribution in [-0.2, 0) is 14.4 Å². The molecule has 2 heterocycles. The molecule has 2 aliphatic rings. The molecule has 6 heteroatoms. The lowest BCUT2D eigenvalue weighted by atomic mass is 9.85. The van der Waals surface area contributed by atoms with Crippen LogP contribution in [0.4, 0.5) is 0 Å². The molecule has 1 saturated heterocycles. The molecule has 1 N–H and O–H groups in total. The summed E-state index contributed by atoms with van der Waals surface area (Å²) < 4.78 is 0. The van der Waals surface area contributed by atoms with Crippen molar-refractivity contribution in [3.05, 3.63) is 42.2 Å². The van der Waals surface area contributed by atoms with Crippen LogP contribution in [0, 0.1) is 11.8 Å². The molecule has 1 fully saturated rings. The first-order valence-electron chi connectivity index (χ1n) is 8.28. The Morgan fingerprint density at radius 2 is 1.92 bits per heavy atom. The average Bonchev–Trinajstić information content (AvgIpc) is 2.85. The molecular weight excluding hydrogens is 306 g/mol. The average molecular weight is 327 g/mol. The third-order valence-corrected chi connectivity index (χ3v) is 4.67. The van der Waals surface area contributed by atoms with Crippen LogP contribution in [0.25, 0.3) is 0 Å². The van der Waals surface area contributed by atoms with E-state index in [4.69, 9.17) is 0 Å². The molecule has 1 aliphatic heterocycles. The standard InChI is InChI=1S/C18H21N3O3/c1-12(15-8-4-5-10-19-15)20-16(22)9-11-21-17(23)13-6-2-3-7-14(13)18(21)24/h2-5,8,10,12-14H,6-7,9,11H2,1H3,(H,20,22)/t12-,13-,14+/m0/s1. The van der Waals surface area contributed by atoms with E-state index in [2.05, 4.69) is 10.3 Å². The molecule has 0 radical (unpaired) electrons. The van der Waals surface area contributed by atoms with E-state index in [0.717, 1.165) is 5.69 Å². The fourth-order valence-corrected chi connectivity index (χ4v) is 3.32. The van der Waals surface area contributed by atoms with Gasteiger partial charge in [0.15, 0.2) is 0 Å². The van der Waals surface area contributed by atoms with Crippen LogP contribution >= 0.6 is 0 Å². The van der Waals surface area contributed by atoms with E-state index in [0.29, 0.717) is 12.8 Å². The van der Waals surface area contributed by atoms with Gasteiger partial charge in [-0.25, -0.2) is 0 Å². The molecule has 3 rings (SSSR count). The number of fused-ring (bicyclic) bond motifs is 1. The van der Waals surface area contributed by atoms with Crippen molar-refractivity contribution in [2.24, 2.45) is 11.8 Å². The van der Waals surface area contributed by atoms with E-state index >= 15 is 0 Å². The second-order valence-corrected chi connectivity index (χ2v) is 6.28. The lowest BCUT2D eigenvalue weighted by Crippen LogP contribution is -2.36. The minimum Gasteiger partial charge on any atom is -0.348 e. The van der Waals surface area contributed by atoms with Crippen molar-refractivity contribution < 1.29 is 14.4 Å². The summed E-state index contributed by atoms with van der Waals surface area (Å²) in [5.41, 5.74) is 0.774. The van der Waals surface area contributed by atoms with Crippen LogP contribution in [0.3, 0.4) is 0 Å². The molecule has 0 spiro atoms. The van der Waals surface area contributed by atoms with Crippen LogP contribution in [-0.4, -0.2) is 34.2 Å². The molecule has 1 aliphatic carbocycles. The zero-order valence-corrected chi connectivity index (χ0v) is 13.6. The number of hydrogen-bond acceptors (Lipinski definition) is 4. The second kappa shape index (κ2) is 6.95. The summed E-state index contributed by atoms with van der Waals surface area (Å²) >= 11 is 0. The quantitative estimate of drug-likeness (QED) is 0.658. The normalized spacial score (nSPS) is 24.0. The van der Waals surface area contributed by atoms with E-state index in [1.807, 2.05) is 37.3 Å². The molecule has 0 aromatic carbocycles. The van der Waals surface area contributed by atoms with Crippen LogP contribution < -0.4 is 5.32 Å². The van der Waals surface area contributed by atoms with Crippen molar-refractivity contribution in [3.8, 4) is 0 Å².